The van der Waals surface area contributed by atoms with Crippen LogP contribution in [0.3, 0.4) is 0 Å². The Hall–Kier alpha value is -1.59. The molecular weight excluding hydrogens is 296 g/mol. The van der Waals surface area contributed by atoms with E-state index in [9.17, 15) is 14.4 Å². The molecule has 3 aliphatic rings. The van der Waals surface area contributed by atoms with Gasteiger partial charge < -0.3 is 14.5 Å². The van der Waals surface area contributed by atoms with Gasteiger partial charge in [0, 0.05) is 24.9 Å². The first-order chi connectivity index (χ1) is 10.9. The zero-order chi connectivity index (χ0) is 16.7. The lowest BCUT2D eigenvalue weighted by Crippen LogP contribution is -2.60. The minimum atomic E-state index is -0.651. The van der Waals surface area contributed by atoms with Crippen LogP contribution in [0.2, 0.25) is 0 Å². The summed E-state index contributed by atoms with van der Waals surface area (Å²) >= 11 is 0. The van der Waals surface area contributed by atoms with Gasteiger partial charge in [-0.2, -0.15) is 0 Å². The van der Waals surface area contributed by atoms with Gasteiger partial charge in [0.25, 0.3) is 0 Å². The molecule has 2 aliphatic carbocycles. The highest BCUT2D eigenvalue weighted by Crippen LogP contribution is 2.41. The van der Waals surface area contributed by atoms with Crippen molar-refractivity contribution in [3.63, 3.8) is 0 Å². The number of hydrogen-bond donors (Lipinski definition) is 0. The quantitative estimate of drug-likeness (QED) is 0.721. The van der Waals surface area contributed by atoms with E-state index in [1.807, 2.05) is 0 Å². The fraction of sp³-hybridized carbons (Fsp3) is 0.824. The Labute approximate surface area is 137 Å². The lowest BCUT2D eigenvalue weighted by molar-refractivity contribution is -0.161. The average molecular weight is 322 g/mol. The number of hydrogen-bond acceptors (Lipinski definition) is 4. The van der Waals surface area contributed by atoms with E-state index in [-0.39, 0.29) is 36.8 Å². The van der Waals surface area contributed by atoms with Gasteiger partial charge in [0.2, 0.25) is 11.8 Å². The van der Waals surface area contributed by atoms with Crippen LogP contribution >= 0.6 is 0 Å². The summed E-state index contributed by atoms with van der Waals surface area (Å²) in [6.07, 6.45) is 1.83. The highest BCUT2D eigenvalue weighted by atomic mass is 16.5. The SMILES string of the molecule is CCOC(=O)[C@@H]1CN(C(=O)[C@@H]2C[C@@H]2C)CCN1C(=O)[C@@H]1C[C@@H]1C. The third-order valence-electron chi connectivity index (χ3n) is 5.39. The van der Waals surface area contributed by atoms with E-state index >= 15 is 0 Å². The van der Waals surface area contributed by atoms with Crippen molar-refractivity contribution in [2.24, 2.45) is 23.7 Å². The number of nitrogens with zero attached hydrogens (tertiary/aromatic N) is 2. The molecule has 128 valence electrons. The maximum atomic E-state index is 12.6. The van der Waals surface area contributed by atoms with E-state index in [0.717, 1.165) is 12.8 Å². The molecule has 3 rings (SSSR count). The number of carbonyl (C=O) groups excluding carboxylic acids is 3. The van der Waals surface area contributed by atoms with E-state index in [4.69, 9.17) is 4.74 Å². The van der Waals surface area contributed by atoms with Crippen LogP contribution in [0.15, 0.2) is 0 Å². The minimum Gasteiger partial charge on any atom is -0.464 e. The van der Waals surface area contributed by atoms with Crippen molar-refractivity contribution in [3.8, 4) is 0 Å². The molecule has 23 heavy (non-hydrogen) atoms. The molecule has 2 saturated carbocycles. The monoisotopic (exact) mass is 322 g/mol. The summed E-state index contributed by atoms with van der Waals surface area (Å²) in [6, 6.07) is -0.651. The predicted octanol–water partition coefficient (Wildman–Crippen LogP) is 0.901. The molecule has 3 fully saturated rings. The molecule has 2 amide bonds. The van der Waals surface area contributed by atoms with Gasteiger partial charge in [-0.1, -0.05) is 13.8 Å². The zero-order valence-corrected chi connectivity index (χ0v) is 14.2. The maximum Gasteiger partial charge on any atom is 0.330 e. The summed E-state index contributed by atoms with van der Waals surface area (Å²) in [5.74, 6) is 0.755. The van der Waals surface area contributed by atoms with E-state index in [1.165, 1.54) is 0 Å². The fourth-order valence-electron chi connectivity index (χ4n) is 3.47. The van der Waals surface area contributed by atoms with Crippen molar-refractivity contribution in [3.05, 3.63) is 0 Å². The normalized spacial score (nSPS) is 35.7. The molecule has 0 radical (unpaired) electrons. The summed E-state index contributed by atoms with van der Waals surface area (Å²) in [7, 11) is 0. The molecule has 0 aromatic heterocycles. The third kappa shape index (κ3) is 3.21. The van der Waals surface area contributed by atoms with Crippen LogP contribution in [0.25, 0.3) is 0 Å². The number of ether oxygens (including phenoxy) is 1. The van der Waals surface area contributed by atoms with Crippen LogP contribution in [-0.2, 0) is 19.1 Å². The lowest BCUT2D eigenvalue weighted by atomic mass is 10.1. The standard InChI is InChI=1S/C17H26N2O4/c1-4-23-17(22)14-9-18(15(20)12-7-10(12)2)5-6-19(14)16(21)13-8-11(13)3/h10-14H,4-9H2,1-3H3/t10-,11-,12+,13+,14-/m0/s1. The maximum absolute atomic E-state index is 12.6. The minimum absolute atomic E-state index is 0.0395. The van der Waals surface area contributed by atoms with Gasteiger partial charge in [-0.05, 0) is 31.6 Å². The van der Waals surface area contributed by atoms with Gasteiger partial charge in [0.05, 0.1) is 13.2 Å². The summed E-state index contributed by atoms with van der Waals surface area (Å²) in [6.45, 7) is 7.38. The molecule has 5 atom stereocenters. The second-order valence-corrected chi connectivity index (χ2v) is 7.22. The molecule has 0 aromatic carbocycles. The summed E-state index contributed by atoms with van der Waals surface area (Å²) < 4.78 is 5.14. The molecule has 0 aromatic rings. The van der Waals surface area contributed by atoms with Gasteiger partial charge in [-0.3, -0.25) is 9.59 Å². The molecule has 6 heteroatoms. The van der Waals surface area contributed by atoms with Gasteiger partial charge >= 0.3 is 5.97 Å². The highest BCUT2D eigenvalue weighted by Gasteiger charge is 2.48. The second kappa shape index (κ2) is 6.13. The summed E-state index contributed by atoms with van der Waals surface area (Å²) in [4.78, 5) is 40.7. The Kier molecular flexibility index (Phi) is 4.34. The first-order valence-corrected chi connectivity index (χ1v) is 8.70. The topological polar surface area (TPSA) is 66.9 Å². The molecule has 1 saturated heterocycles. The van der Waals surface area contributed by atoms with Crippen LogP contribution in [0.4, 0.5) is 0 Å². The Morgan fingerprint density at radius 2 is 1.57 bits per heavy atom. The first-order valence-electron chi connectivity index (χ1n) is 8.70. The van der Waals surface area contributed by atoms with E-state index in [0.29, 0.717) is 24.9 Å². The molecule has 1 aliphatic heterocycles. The van der Waals surface area contributed by atoms with E-state index < -0.39 is 12.0 Å². The molecule has 1 heterocycles. The van der Waals surface area contributed by atoms with Crippen molar-refractivity contribution in [1.29, 1.82) is 0 Å². The molecule has 0 unspecified atom stereocenters. The Morgan fingerprint density at radius 3 is 2.09 bits per heavy atom. The lowest BCUT2D eigenvalue weighted by Gasteiger charge is -2.40. The van der Waals surface area contributed by atoms with Gasteiger partial charge in [0.15, 0.2) is 0 Å². The van der Waals surface area contributed by atoms with Crippen molar-refractivity contribution >= 4 is 17.8 Å². The van der Waals surface area contributed by atoms with Crippen molar-refractivity contribution in [2.45, 2.75) is 39.7 Å². The number of amides is 2. The highest BCUT2D eigenvalue weighted by molar-refractivity contribution is 5.89. The molecule has 6 nitrogen and oxygen atoms in total. The van der Waals surface area contributed by atoms with Crippen LogP contribution in [0.5, 0.6) is 0 Å². The molecule has 0 spiro atoms. The number of piperazine rings is 1. The molecular formula is C17H26N2O4. The van der Waals surface area contributed by atoms with E-state index in [2.05, 4.69) is 13.8 Å². The van der Waals surface area contributed by atoms with Gasteiger partial charge in [-0.15, -0.1) is 0 Å². The molecule has 0 N–H and O–H groups in total. The third-order valence-corrected chi connectivity index (χ3v) is 5.39. The van der Waals surface area contributed by atoms with Gasteiger partial charge in [0.1, 0.15) is 6.04 Å². The first kappa shape index (κ1) is 16.3. The second-order valence-electron chi connectivity index (χ2n) is 7.22. The smallest absolute Gasteiger partial charge is 0.330 e. The number of esters is 1. The Bertz CT molecular complexity index is 521. The van der Waals surface area contributed by atoms with Gasteiger partial charge in [-0.25, -0.2) is 4.79 Å². The van der Waals surface area contributed by atoms with Crippen LogP contribution in [0, 0.1) is 23.7 Å². The Balaban J connectivity index is 1.69. The number of carbonyl (C=O) groups is 3. The zero-order valence-electron chi connectivity index (χ0n) is 14.2. The Morgan fingerprint density at radius 1 is 1.00 bits per heavy atom. The van der Waals surface area contributed by atoms with Crippen LogP contribution in [-0.4, -0.2) is 59.9 Å². The average Bonchev–Trinajstić information content (AvgIpc) is 3.44. The van der Waals surface area contributed by atoms with Crippen molar-refractivity contribution < 1.29 is 19.1 Å². The number of rotatable bonds is 4. The largest absolute Gasteiger partial charge is 0.464 e. The van der Waals surface area contributed by atoms with Crippen molar-refractivity contribution in [1.82, 2.24) is 9.80 Å². The summed E-state index contributed by atoms with van der Waals surface area (Å²) in [5.41, 5.74) is 0. The molecule has 0 bridgehead atoms. The fourth-order valence-corrected chi connectivity index (χ4v) is 3.47. The summed E-state index contributed by atoms with van der Waals surface area (Å²) in [5, 5.41) is 0. The van der Waals surface area contributed by atoms with E-state index in [1.54, 1.807) is 16.7 Å². The van der Waals surface area contributed by atoms with Crippen LogP contribution in [0.1, 0.15) is 33.6 Å². The van der Waals surface area contributed by atoms with Crippen molar-refractivity contribution in [2.75, 3.05) is 26.2 Å². The van der Waals surface area contributed by atoms with Crippen LogP contribution < -0.4 is 0 Å². The predicted molar refractivity (Wildman–Crippen MR) is 83.3 cm³/mol.